The summed E-state index contributed by atoms with van der Waals surface area (Å²) in [6, 6.07) is 3.98. The standard InChI is InChI=1S/C12H19N3O/c1-3-4-12(16)8-14-7-10-5-11(6-13)15(2)9-10/h5,9,12,14,16H,3-4,7-8H2,1-2H3. The molecule has 1 rings (SSSR count). The van der Waals surface area contributed by atoms with E-state index < -0.39 is 0 Å². The molecule has 0 aromatic carbocycles. The van der Waals surface area contributed by atoms with E-state index in [9.17, 15) is 5.11 Å². The van der Waals surface area contributed by atoms with Gasteiger partial charge in [0.15, 0.2) is 0 Å². The van der Waals surface area contributed by atoms with Gasteiger partial charge in [0, 0.05) is 26.3 Å². The van der Waals surface area contributed by atoms with Crippen molar-refractivity contribution in [1.82, 2.24) is 9.88 Å². The van der Waals surface area contributed by atoms with Gasteiger partial charge in [0.1, 0.15) is 11.8 Å². The normalized spacial score (nSPS) is 12.4. The smallest absolute Gasteiger partial charge is 0.120 e. The molecule has 0 aliphatic heterocycles. The average Bonchev–Trinajstić information content (AvgIpc) is 2.59. The zero-order valence-corrected chi connectivity index (χ0v) is 9.90. The largest absolute Gasteiger partial charge is 0.392 e. The van der Waals surface area contributed by atoms with Crippen LogP contribution in [0.1, 0.15) is 31.0 Å². The first-order valence-electron chi connectivity index (χ1n) is 5.61. The maximum absolute atomic E-state index is 9.51. The molecular formula is C12H19N3O. The van der Waals surface area contributed by atoms with Gasteiger partial charge in [0.05, 0.1) is 6.10 Å². The summed E-state index contributed by atoms with van der Waals surface area (Å²) in [5.74, 6) is 0. The summed E-state index contributed by atoms with van der Waals surface area (Å²) >= 11 is 0. The molecule has 16 heavy (non-hydrogen) atoms. The van der Waals surface area contributed by atoms with Crippen LogP contribution in [0.2, 0.25) is 0 Å². The number of nitrogens with one attached hydrogen (secondary N) is 1. The van der Waals surface area contributed by atoms with Gasteiger partial charge in [0.25, 0.3) is 0 Å². The summed E-state index contributed by atoms with van der Waals surface area (Å²) in [5.41, 5.74) is 1.73. The number of nitrogens with zero attached hydrogens (tertiary/aromatic N) is 2. The third kappa shape index (κ3) is 3.69. The van der Waals surface area contributed by atoms with Crippen molar-refractivity contribution in [3.63, 3.8) is 0 Å². The van der Waals surface area contributed by atoms with Crippen LogP contribution in [0.4, 0.5) is 0 Å². The molecule has 0 saturated heterocycles. The topological polar surface area (TPSA) is 61.0 Å². The van der Waals surface area contributed by atoms with Crippen molar-refractivity contribution < 1.29 is 5.11 Å². The summed E-state index contributed by atoms with van der Waals surface area (Å²) in [4.78, 5) is 0. The maximum atomic E-state index is 9.51. The van der Waals surface area contributed by atoms with E-state index >= 15 is 0 Å². The molecule has 2 N–H and O–H groups in total. The van der Waals surface area contributed by atoms with Crippen molar-refractivity contribution in [2.24, 2.45) is 7.05 Å². The molecular weight excluding hydrogens is 202 g/mol. The molecule has 0 aliphatic rings. The molecule has 0 fully saturated rings. The number of aliphatic hydroxyl groups is 1. The number of aromatic nitrogens is 1. The molecule has 0 saturated carbocycles. The van der Waals surface area contributed by atoms with E-state index in [0.29, 0.717) is 18.8 Å². The summed E-state index contributed by atoms with van der Waals surface area (Å²) < 4.78 is 1.81. The van der Waals surface area contributed by atoms with Crippen molar-refractivity contribution >= 4 is 0 Å². The van der Waals surface area contributed by atoms with Gasteiger partial charge in [-0.3, -0.25) is 0 Å². The van der Waals surface area contributed by atoms with Gasteiger partial charge in [-0.1, -0.05) is 13.3 Å². The molecule has 1 unspecified atom stereocenters. The van der Waals surface area contributed by atoms with E-state index in [-0.39, 0.29) is 6.10 Å². The van der Waals surface area contributed by atoms with E-state index in [1.165, 1.54) is 0 Å². The van der Waals surface area contributed by atoms with Crippen LogP contribution in [0.25, 0.3) is 0 Å². The Morgan fingerprint density at radius 3 is 2.94 bits per heavy atom. The zero-order valence-electron chi connectivity index (χ0n) is 9.90. The highest BCUT2D eigenvalue weighted by Gasteiger charge is 2.04. The van der Waals surface area contributed by atoms with Crippen LogP contribution in [0, 0.1) is 11.3 Å². The number of nitriles is 1. The fraction of sp³-hybridized carbons (Fsp3) is 0.583. The molecule has 0 bridgehead atoms. The number of aliphatic hydroxyl groups excluding tert-OH is 1. The van der Waals surface area contributed by atoms with E-state index in [1.54, 1.807) is 4.57 Å². The van der Waals surface area contributed by atoms with E-state index in [1.807, 2.05) is 19.3 Å². The van der Waals surface area contributed by atoms with Crippen molar-refractivity contribution in [2.45, 2.75) is 32.4 Å². The molecule has 1 aromatic heterocycles. The van der Waals surface area contributed by atoms with Gasteiger partial charge in [-0.05, 0) is 18.1 Å². The summed E-state index contributed by atoms with van der Waals surface area (Å²) in [7, 11) is 1.86. The van der Waals surface area contributed by atoms with E-state index in [2.05, 4.69) is 18.3 Å². The Labute approximate surface area is 96.5 Å². The van der Waals surface area contributed by atoms with Crippen LogP contribution in [-0.2, 0) is 13.6 Å². The highest BCUT2D eigenvalue weighted by Crippen LogP contribution is 2.05. The summed E-state index contributed by atoms with van der Waals surface area (Å²) in [5, 5.41) is 21.5. The highest BCUT2D eigenvalue weighted by atomic mass is 16.3. The molecule has 0 radical (unpaired) electrons. The van der Waals surface area contributed by atoms with Crippen molar-refractivity contribution in [2.75, 3.05) is 6.54 Å². The molecule has 0 spiro atoms. The monoisotopic (exact) mass is 221 g/mol. The van der Waals surface area contributed by atoms with Crippen LogP contribution >= 0.6 is 0 Å². The number of hydrogen-bond donors (Lipinski definition) is 2. The molecule has 0 amide bonds. The second kappa shape index (κ2) is 6.31. The molecule has 0 aliphatic carbocycles. The van der Waals surface area contributed by atoms with Crippen LogP contribution in [0.3, 0.4) is 0 Å². The minimum Gasteiger partial charge on any atom is -0.392 e. The number of hydrogen-bond acceptors (Lipinski definition) is 3. The Kier molecular flexibility index (Phi) is 5.03. The van der Waals surface area contributed by atoms with Gasteiger partial charge in [-0.15, -0.1) is 0 Å². The second-order valence-electron chi connectivity index (χ2n) is 4.03. The molecule has 4 heteroatoms. The van der Waals surface area contributed by atoms with Crippen LogP contribution in [0.5, 0.6) is 0 Å². The number of rotatable bonds is 6. The predicted molar refractivity (Wildman–Crippen MR) is 62.7 cm³/mol. The molecule has 4 nitrogen and oxygen atoms in total. The van der Waals surface area contributed by atoms with Crippen LogP contribution < -0.4 is 5.32 Å². The average molecular weight is 221 g/mol. The zero-order chi connectivity index (χ0) is 12.0. The highest BCUT2D eigenvalue weighted by molar-refractivity contribution is 5.28. The Balaban J connectivity index is 2.35. The first kappa shape index (κ1) is 12.8. The van der Waals surface area contributed by atoms with Crippen LogP contribution in [-0.4, -0.2) is 22.3 Å². The third-order valence-corrected chi connectivity index (χ3v) is 2.51. The maximum Gasteiger partial charge on any atom is 0.120 e. The van der Waals surface area contributed by atoms with Crippen molar-refractivity contribution in [3.05, 3.63) is 23.5 Å². The molecule has 1 atom stereocenters. The minimum absolute atomic E-state index is 0.274. The first-order chi connectivity index (χ1) is 7.67. The summed E-state index contributed by atoms with van der Waals surface area (Å²) in [6.45, 7) is 3.35. The van der Waals surface area contributed by atoms with Gasteiger partial charge in [-0.2, -0.15) is 5.26 Å². The Morgan fingerprint density at radius 1 is 1.62 bits per heavy atom. The minimum atomic E-state index is -0.274. The molecule has 1 aromatic rings. The molecule has 88 valence electrons. The Morgan fingerprint density at radius 2 is 2.38 bits per heavy atom. The molecule has 1 heterocycles. The van der Waals surface area contributed by atoms with Crippen molar-refractivity contribution in [3.8, 4) is 6.07 Å². The Hall–Kier alpha value is -1.31. The number of aryl methyl sites for hydroxylation is 1. The van der Waals surface area contributed by atoms with E-state index in [4.69, 9.17) is 5.26 Å². The van der Waals surface area contributed by atoms with E-state index in [0.717, 1.165) is 18.4 Å². The van der Waals surface area contributed by atoms with Gasteiger partial charge < -0.3 is 15.0 Å². The fourth-order valence-electron chi connectivity index (χ4n) is 1.66. The van der Waals surface area contributed by atoms with Gasteiger partial charge in [-0.25, -0.2) is 0 Å². The fourth-order valence-corrected chi connectivity index (χ4v) is 1.66. The second-order valence-corrected chi connectivity index (χ2v) is 4.03. The quantitative estimate of drug-likeness (QED) is 0.757. The Bertz CT molecular complexity index is 365. The van der Waals surface area contributed by atoms with Crippen LogP contribution in [0.15, 0.2) is 12.3 Å². The lowest BCUT2D eigenvalue weighted by Crippen LogP contribution is -2.26. The lowest BCUT2D eigenvalue weighted by molar-refractivity contribution is 0.160. The first-order valence-corrected chi connectivity index (χ1v) is 5.61. The third-order valence-electron chi connectivity index (χ3n) is 2.51. The van der Waals surface area contributed by atoms with Gasteiger partial charge in [0.2, 0.25) is 0 Å². The lowest BCUT2D eigenvalue weighted by atomic mass is 10.2. The predicted octanol–water partition coefficient (Wildman–Crippen LogP) is 1.15. The van der Waals surface area contributed by atoms with Gasteiger partial charge >= 0.3 is 0 Å². The SMILES string of the molecule is CCCC(O)CNCc1cc(C#N)n(C)c1. The lowest BCUT2D eigenvalue weighted by Gasteiger charge is -2.09. The van der Waals surface area contributed by atoms with Crippen molar-refractivity contribution in [1.29, 1.82) is 5.26 Å². The summed E-state index contributed by atoms with van der Waals surface area (Å²) in [6.07, 6.45) is 3.47.